The Kier molecular flexibility index (Phi) is 5.20. The fourth-order valence-corrected chi connectivity index (χ4v) is 0.384. The summed E-state index contributed by atoms with van der Waals surface area (Å²) in [6, 6.07) is -0.831. The molecule has 0 heterocycles. The molecule has 0 fully saturated rings. The van der Waals surface area contributed by atoms with E-state index in [-0.39, 0.29) is 0 Å². The molecule has 0 aliphatic carbocycles. The van der Waals surface area contributed by atoms with Gasteiger partial charge in [0.2, 0.25) is 5.91 Å². The molecule has 0 saturated heterocycles. The van der Waals surface area contributed by atoms with Gasteiger partial charge in [-0.05, 0) is 6.08 Å². The molecule has 0 aliphatic heterocycles. The zero-order chi connectivity index (χ0) is 9.40. The monoisotopic (exact) mass is 171 g/mol. The fourth-order valence-electron chi connectivity index (χ4n) is 0.384. The highest BCUT2D eigenvalue weighted by Gasteiger charge is 1.88. The largest absolute Gasteiger partial charge is 0.376 e. The van der Waals surface area contributed by atoms with Crippen LogP contribution in [-0.4, -0.2) is 30.0 Å². The molecule has 0 aliphatic rings. The van der Waals surface area contributed by atoms with E-state index >= 15 is 0 Å². The molecular weight excluding hydrogens is 162 g/mol. The topological polar surface area (TPSA) is 105 Å². The number of nitrogens with zero attached hydrogens (tertiary/aromatic N) is 1. The Morgan fingerprint density at radius 1 is 1.58 bits per heavy atom. The Balaban J connectivity index is 3.75. The van der Waals surface area contributed by atoms with Crippen LogP contribution >= 0.6 is 0 Å². The molecule has 0 unspecified atom stereocenters. The van der Waals surface area contributed by atoms with Crippen LogP contribution in [-0.2, 0) is 4.79 Å². The predicted octanol–water partition coefficient (Wildman–Crippen LogP) is -1.24. The molecule has 0 atom stereocenters. The van der Waals surface area contributed by atoms with Gasteiger partial charge in [-0.2, -0.15) is 0 Å². The van der Waals surface area contributed by atoms with E-state index in [2.05, 4.69) is 16.0 Å². The van der Waals surface area contributed by atoms with Crippen LogP contribution in [0, 0.1) is 0 Å². The maximum absolute atomic E-state index is 10.6. The molecule has 0 saturated carbocycles. The number of hydrogen-bond donors (Lipinski definition) is 3. The minimum absolute atomic E-state index is 0.434. The molecule has 0 radical (unpaired) electrons. The average Bonchev–Trinajstić information content (AvgIpc) is 1.98. The average molecular weight is 171 g/mol. The number of allylic oxidation sites excluding steroid dienone is 1. The molecule has 12 heavy (non-hydrogen) atoms. The second-order valence-electron chi connectivity index (χ2n) is 1.67. The fraction of sp³-hybridized carbons (Fsp3) is 0.167. The number of rotatable bonds is 3. The van der Waals surface area contributed by atoms with Crippen molar-refractivity contribution in [2.24, 2.45) is 10.7 Å². The van der Waals surface area contributed by atoms with Gasteiger partial charge in [-0.25, -0.2) is 9.79 Å². The molecule has 4 N–H and O–H groups in total. The predicted molar refractivity (Wildman–Crippen MR) is 42.4 cm³/mol. The van der Waals surface area contributed by atoms with E-state index in [4.69, 9.17) is 5.11 Å². The molecule has 0 bridgehead atoms. The Morgan fingerprint density at radius 2 is 2.25 bits per heavy atom. The summed E-state index contributed by atoms with van der Waals surface area (Å²) in [4.78, 5) is 23.7. The quantitative estimate of drug-likeness (QED) is 0.281. The molecule has 0 rings (SSSR count). The summed E-state index contributed by atoms with van der Waals surface area (Å²) in [6.45, 7) is -0.434. The van der Waals surface area contributed by atoms with E-state index in [1.54, 1.807) is 0 Å². The van der Waals surface area contributed by atoms with Crippen molar-refractivity contribution in [3.8, 4) is 0 Å². The molecule has 0 aromatic heterocycles. The Labute approximate surface area is 68.8 Å². The molecular formula is C6H9N3O3. The molecule has 0 spiro atoms. The number of carbonyl (C=O) groups is 2. The highest BCUT2D eigenvalue weighted by molar-refractivity contribution is 5.94. The van der Waals surface area contributed by atoms with Crippen molar-refractivity contribution in [2.45, 2.75) is 0 Å². The number of hydrogen-bond acceptors (Lipinski definition) is 3. The minimum Gasteiger partial charge on any atom is -0.376 e. The third-order valence-corrected chi connectivity index (χ3v) is 0.789. The number of nitrogens with one attached hydrogen (secondary N) is 1. The SMILES string of the molecule is NC(=O)N=CC=CC(=O)NCO. The summed E-state index contributed by atoms with van der Waals surface area (Å²) in [5, 5.41) is 10.3. The van der Waals surface area contributed by atoms with Crippen molar-refractivity contribution in [1.29, 1.82) is 0 Å². The van der Waals surface area contributed by atoms with Gasteiger partial charge in [-0.15, -0.1) is 0 Å². The van der Waals surface area contributed by atoms with Gasteiger partial charge in [0.25, 0.3) is 0 Å². The lowest BCUT2D eigenvalue weighted by atomic mass is 10.5. The Morgan fingerprint density at radius 3 is 2.75 bits per heavy atom. The van der Waals surface area contributed by atoms with E-state index in [0.29, 0.717) is 0 Å². The third-order valence-electron chi connectivity index (χ3n) is 0.789. The number of aliphatic hydroxyl groups excluding tert-OH is 1. The zero-order valence-corrected chi connectivity index (χ0v) is 6.23. The first-order chi connectivity index (χ1) is 5.66. The second-order valence-corrected chi connectivity index (χ2v) is 1.67. The van der Waals surface area contributed by atoms with E-state index in [0.717, 1.165) is 12.3 Å². The lowest BCUT2D eigenvalue weighted by molar-refractivity contribution is -0.117. The highest BCUT2D eigenvalue weighted by Crippen LogP contribution is 1.71. The van der Waals surface area contributed by atoms with E-state index < -0.39 is 18.7 Å². The first-order valence-electron chi connectivity index (χ1n) is 3.05. The van der Waals surface area contributed by atoms with Crippen molar-refractivity contribution in [3.63, 3.8) is 0 Å². The van der Waals surface area contributed by atoms with Crippen molar-refractivity contribution in [2.75, 3.05) is 6.73 Å². The first kappa shape index (κ1) is 10.3. The summed E-state index contributed by atoms with van der Waals surface area (Å²) in [7, 11) is 0. The summed E-state index contributed by atoms with van der Waals surface area (Å²) in [5.74, 6) is -0.478. The minimum atomic E-state index is -0.831. The third kappa shape index (κ3) is 6.43. The molecule has 0 aromatic rings. The van der Waals surface area contributed by atoms with Crippen LogP contribution in [0.15, 0.2) is 17.1 Å². The van der Waals surface area contributed by atoms with E-state index in [9.17, 15) is 9.59 Å². The van der Waals surface area contributed by atoms with Crippen molar-refractivity contribution >= 4 is 18.2 Å². The van der Waals surface area contributed by atoms with Crippen LogP contribution < -0.4 is 11.1 Å². The molecule has 6 heteroatoms. The van der Waals surface area contributed by atoms with E-state index in [1.807, 2.05) is 0 Å². The number of urea groups is 1. The number of carbonyl (C=O) groups excluding carboxylic acids is 2. The van der Waals surface area contributed by atoms with Gasteiger partial charge >= 0.3 is 6.03 Å². The standard InChI is InChI=1S/C6H9N3O3/c7-6(12)8-3-1-2-5(11)9-4-10/h1-3,10H,4H2,(H2,7,12)(H,9,11). The summed E-state index contributed by atoms with van der Waals surface area (Å²) in [5.41, 5.74) is 4.66. The van der Waals surface area contributed by atoms with Gasteiger partial charge in [0.1, 0.15) is 6.73 Å². The summed E-state index contributed by atoms with van der Waals surface area (Å²) < 4.78 is 0. The normalized spacial score (nSPS) is 10.8. The Hall–Kier alpha value is -1.69. The number of amides is 3. The summed E-state index contributed by atoms with van der Waals surface area (Å²) in [6.07, 6.45) is 3.41. The maximum atomic E-state index is 10.6. The molecule has 66 valence electrons. The number of nitrogens with two attached hydrogens (primary N) is 1. The lowest BCUT2D eigenvalue weighted by Crippen LogP contribution is -2.21. The van der Waals surface area contributed by atoms with Crippen LogP contribution in [0.3, 0.4) is 0 Å². The van der Waals surface area contributed by atoms with Gasteiger partial charge in [-0.1, -0.05) is 0 Å². The smallest absolute Gasteiger partial charge is 0.338 e. The van der Waals surface area contributed by atoms with Crippen LogP contribution in [0.4, 0.5) is 4.79 Å². The maximum Gasteiger partial charge on any atom is 0.338 e. The van der Waals surface area contributed by atoms with Gasteiger partial charge in [0, 0.05) is 12.3 Å². The van der Waals surface area contributed by atoms with Gasteiger partial charge in [-0.3, -0.25) is 4.79 Å². The van der Waals surface area contributed by atoms with Crippen molar-refractivity contribution in [3.05, 3.63) is 12.2 Å². The van der Waals surface area contributed by atoms with Crippen LogP contribution in [0.5, 0.6) is 0 Å². The molecule has 3 amide bonds. The van der Waals surface area contributed by atoms with Crippen LogP contribution in [0.25, 0.3) is 0 Å². The zero-order valence-electron chi connectivity index (χ0n) is 6.23. The van der Waals surface area contributed by atoms with Gasteiger partial charge in [0.15, 0.2) is 0 Å². The lowest BCUT2D eigenvalue weighted by Gasteiger charge is -1.91. The van der Waals surface area contributed by atoms with Crippen LogP contribution in [0.1, 0.15) is 0 Å². The van der Waals surface area contributed by atoms with Crippen LogP contribution in [0.2, 0.25) is 0 Å². The number of aliphatic imine (C=N–C) groups is 1. The first-order valence-corrected chi connectivity index (χ1v) is 3.05. The summed E-state index contributed by atoms with van der Waals surface area (Å²) >= 11 is 0. The Bertz CT molecular complexity index is 222. The molecule has 6 nitrogen and oxygen atoms in total. The highest BCUT2D eigenvalue weighted by atomic mass is 16.3. The number of primary amides is 1. The van der Waals surface area contributed by atoms with Gasteiger partial charge < -0.3 is 16.2 Å². The second kappa shape index (κ2) is 6.05. The van der Waals surface area contributed by atoms with Crippen molar-refractivity contribution in [1.82, 2.24) is 5.32 Å². The molecule has 0 aromatic carbocycles. The van der Waals surface area contributed by atoms with Gasteiger partial charge in [0.05, 0.1) is 0 Å². The van der Waals surface area contributed by atoms with E-state index in [1.165, 1.54) is 6.08 Å². The number of aliphatic hydroxyl groups is 1. The van der Waals surface area contributed by atoms with Crippen molar-refractivity contribution < 1.29 is 14.7 Å².